The SMILES string of the molecule is C[C@@]12CCCN1C(=O)CC[C@@H]2O. The second kappa shape index (κ2) is 2.46. The molecule has 3 nitrogen and oxygen atoms in total. The van der Waals surface area contributed by atoms with Crippen LogP contribution in [0.4, 0.5) is 0 Å². The normalized spacial score (nSPS) is 41.7. The lowest BCUT2D eigenvalue weighted by molar-refractivity contribution is -0.146. The monoisotopic (exact) mass is 169 g/mol. The van der Waals surface area contributed by atoms with Gasteiger partial charge < -0.3 is 10.0 Å². The molecule has 2 atom stereocenters. The summed E-state index contributed by atoms with van der Waals surface area (Å²) < 4.78 is 0. The average Bonchev–Trinajstić information content (AvgIpc) is 2.42. The highest BCUT2D eigenvalue weighted by Crippen LogP contribution is 2.37. The summed E-state index contributed by atoms with van der Waals surface area (Å²) in [4.78, 5) is 13.3. The Morgan fingerprint density at radius 3 is 3.08 bits per heavy atom. The van der Waals surface area contributed by atoms with Gasteiger partial charge in [0.1, 0.15) is 0 Å². The van der Waals surface area contributed by atoms with Gasteiger partial charge in [-0.05, 0) is 26.2 Å². The van der Waals surface area contributed by atoms with Crippen LogP contribution in [-0.4, -0.2) is 34.1 Å². The van der Waals surface area contributed by atoms with Gasteiger partial charge in [-0.25, -0.2) is 0 Å². The van der Waals surface area contributed by atoms with Gasteiger partial charge in [0.25, 0.3) is 0 Å². The van der Waals surface area contributed by atoms with Gasteiger partial charge >= 0.3 is 0 Å². The van der Waals surface area contributed by atoms with E-state index in [4.69, 9.17) is 0 Å². The minimum atomic E-state index is -0.308. The maximum Gasteiger partial charge on any atom is 0.223 e. The number of amides is 1. The number of fused-ring (bicyclic) bond motifs is 1. The zero-order chi connectivity index (χ0) is 8.77. The van der Waals surface area contributed by atoms with E-state index in [1.165, 1.54) is 0 Å². The van der Waals surface area contributed by atoms with E-state index in [2.05, 4.69) is 0 Å². The van der Waals surface area contributed by atoms with Crippen LogP contribution < -0.4 is 0 Å². The van der Waals surface area contributed by atoms with Crippen LogP contribution in [0, 0.1) is 0 Å². The van der Waals surface area contributed by atoms with Gasteiger partial charge in [0.05, 0.1) is 11.6 Å². The number of rotatable bonds is 0. The molecule has 1 N–H and O–H groups in total. The fraction of sp³-hybridized carbons (Fsp3) is 0.889. The largest absolute Gasteiger partial charge is 0.391 e. The van der Waals surface area contributed by atoms with Crippen LogP contribution in [0.5, 0.6) is 0 Å². The third-order valence-electron chi connectivity index (χ3n) is 3.33. The highest BCUT2D eigenvalue weighted by atomic mass is 16.3. The molecule has 2 rings (SSSR count). The lowest BCUT2D eigenvalue weighted by Gasteiger charge is -2.43. The van der Waals surface area contributed by atoms with Crippen molar-refractivity contribution in [1.82, 2.24) is 4.90 Å². The third kappa shape index (κ3) is 0.891. The first-order valence-electron chi connectivity index (χ1n) is 4.63. The minimum absolute atomic E-state index is 0.223. The van der Waals surface area contributed by atoms with Crippen LogP contribution in [0.2, 0.25) is 0 Å². The molecule has 0 aliphatic carbocycles. The summed E-state index contributed by atoms with van der Waals surface area (Å²) in [6, 6.07) is 0. The second-order valence-electron chi connectivity index (χ2n) is 4.06. The number of carbonyl (C=O) groups is 1. The van der Waals surface area contributed by atoms with Crippen molar-refractivity contribution in [2.75, 3.05) is 6.54 Å². The fourth-order valence-corrected chi connectivity index (χ4v) is 2.45. The van der Waals surface area contributed by atoms with Crippen molar-refractivity contribution in [3.8, 4) is 0 Å². The molecule has 68 valence electrons. The van der Waals surface area contributed by atoms with E-state index in [9.17, 15) is 9.90 Å². The molecule has 0 bridgehead atoms. The molecule has 3 heteroatoms. The molecule has 0 aromatic rings. The standard InChI is InChI=1S/C9H15NO2/c1-9-5-2-6-10(9)8(12)4-3-7(9)11/h7,11H,2-6H2,1H3/t7-,9-/m0/s1. The number of aliphatic hydroxyl groups is 1. The molecule has 2 aliphatic heterocycles. The number of carbonyl (C=O) groups excluding carboxylic acids is 1. The molecule has 0 aromatic heterocycles. The number of hydrogen-bond donors (Lipinski definition) is 1. The summed E-state index contributed by atoms with van der Waals surface area (Å²) in [6.07, 6.45) is 2.86. The smallest absolute Gasteiger partial charge is 0.223 e. The first-order chi connectivity index (χ1) is 5.64. The molecule has 2 aliphatic rings. The Kier molecular flexibility index (Phi) is 1.65. The van der Waals surface area contributed by atoms with Crippen LogP contribution >= 0.6 is 0 Å². The number of hydrogen-bond acceptors (Lipinski definition) is 2. The molecule has 0 saturated carbocycles. The Hall–Kier alpha value is -0.570. The summed E-state index contributed by atoms with van der Waals surface area (Å²) >= 11 is 0. The third-order valence-corrected chi connectivity index (χ3v) is 3.33. The topological polar surface area (TPSA) is 40.5 Å². The second-order valence-corrected chi connectivity index (χ2v) is 4.06. The molecule has 2 fully saturated rings. The van der Waals surface area contributed by atoms with Gasteiger partial charge in [0, 0.05) is 13.0 Å². The van der Waals surface area contributed by atoms with Crippen LogP contribution in [0.1, 0.15) is 32.6 Å². The molecular weight excluding hydrogens is 154 g/mol. The van der Waals surface area contributed by atoms with Crippen molar-refractivity contribution in [3.63, 3.8) is 0 Å². The van der Waals surface area contributed by atoms with E-state index in [1.54, 1.807) is 0 Å². The molecule has 0 aromatic carbocycles. The Labute approximate surface area is 72.4 Å². The van der Waals surface area contributed by atoms with Crippen LogP contribution in [0.3, 0.4) is 0 Å². The number of aliphatic hydroxyl groups excluding tert-OH is 1. The quantitative estimate of drug-likeness (QED) is 0.574. The highest BCUT2D eigenvalue weighted by molar-refractivity contribution is 5.78. The van der Waals surface area contributed by atoms with Crippen molar-refractivity contribution < 1.29 is 9.90 Å². The van der Waals surface area contributed by atoms with Crippen molar-refractivity contribution in [2.24, 2.45) is 0 Å². The Morgan fingerprint density at radius 1 is 1.67 bits per heavy atom. The maximum absolute atomic E-state index is 11.4. The van der Waals surface area contributed by atoms with Crippen molar-refractivity contribution in [1.29, 1.82) is 0 Å². The van der Waals surface area contributed by atoms with Crippen molar-refractivity contribution in [2.45, 2.75) is 44.2 Å². The van der Waals surface area contributed by atoms with Gasteiger partial charge in [-0.3, -0.25) is 4.79 Å². The van der Waals surface area contributed by atoms with Gasteiger partial charge in [0.2, 0.25) is 5.91 Å². The van der Waals surface area contributed by atoms with E-state index >= 15 is 0 Å². The van der Waals surface area contributed by atoms with Gasteiger partial charge in [-0.1, -0.05) is 0 Å². The van der Waals surface area contributed by atoms with E-state index in [-0.39, 0.29) is 17.6 Å². The fourth-order valence-electron chi connectivity index (χ4n) is 2.45. The van der Waals surface area contributed by atoms with Crippen LogP contribution in [-0.2, 0) is 4.79 Å². The summed E-state index contributed by atoms with van der Waals surface area (Å²) in [6.45, 7) is 2.84. The number of piperidine rings is 1. The molecule has 0 unspecified atom stereocenters. The zero-order valence-electron chi connectivity index (χ0n) is 7.42. The molecule has 2 saturated heterocycles. The Morgan fingerprint density at radius 2 is 2.42 bits per heavy atom. The highest BCUT2D eigenvalue weighted by Gasteiger charge is 2.47. The Balaban J connectivity index is 2.27. The van der Waals surface area contributed by atoms with Gasteiger partial charge in [-0.2, -0.15) is 0 Å². The van der Waals surface area contributed by atoms with Crippen molar-refractivity contribution >= 4 is 5.91 Å². The molecular formula is C9H15NO2. The minimum Gasteiger partial charge on any atom is -0.391 e. The molecule has 2 heterocycles. The van der Waals surface area contributed by atoms with Crippen LogP contribution in [0.15, 0.2) is 0 Å². The van der Waals surface area contributed by atoms with E-state index in [0.717, 1.165) is 19.4 Å². The lowest BCUT2D eigenvalue weighted by atomic mass is 9.85. The van der Waals surface area contributed by atoms with Gasteiger partial charge in [-0.15, -0.1) is 0 Å². The zero-order valence-corrected chi connectivity index (χ0v) is 7.42. The number of nitrogens with zero attached hydrogens (tertiary/aromatic N) is 1. The first-order valence-corrected chi connectivity index (χ1v) is 4.63. The molecule has 0 radical (unpaired) electrons. The maximum atomic E-state index is 11.4. The summed E-state index contributed by atoms with van der Waals surface area (Å²) in [5.41, 5.74) is -0.241. The summed E-state index contributed by atoms with van der Waals surface area (Å²) in [5, 5.41) is 9.76. The average molecular weight is 169 g/mol. The Bertz CT molecular complexity index is 217. The molecule has 0 spiro atoms. The predicted molar refractivity (Wildman–Crippen MR) is 44.6 cm³/mol. The molecule has 1 amide bonds. The van der Waals surface area contributed by atoms with E-state index < -0.39 is 0 Å². The summed E-state index contributed by atoms with van der Waals surface area (Å²) in [5.74, 6) is 0.223. The van der Waals surface area contributed by atoms with E-state index in [0.29, 0.717) is 12.8 Å². The predicted octanol–water partition coefficient (Wildman–Crippen LogP) is 0.522. The van der Waals surface area contributed by atoms with E-state index in [1.807, 2.05) is 11.8 Å². The van der Waals surface area contributed by atoms with Crippen molar-refractivity contribution in [3.05, 3.63) is 0 Å². The molecule has 12 heavy (non-hydrogen) atoms. The first kappa shape index (κ1) is 8.05. The lowest BCUT2D eigenvalue weighted by Crippen LogP contribution is -2.56. The van der Waals surface area contributed by atoms with Gasteiger partial charge in [0.15, 0.2) is 0 Å². The van der Waals surface area contributed by atoms with Crippen LogP contribution in [0.25, 0.3) is 0 Å². The summed E-state index contributed by atoms with van der Waals surface area (Å²) in [7, 11) is 0.